The Hall–Kier alpha value is -3.97. The molecule has 0 spiro atoms. The van der Waals surface area contributed by atoms with E-state index in [1.54, 1.807) is 36.4 Å². The van der Waals surface area contributed by atoms with Crippen molar-refractivity contribution < 1.29 is 23.8 Å². The van der Waals surface area contributed by atoms with Crippen LogP contribution in [0.3, 0.4) is 0 Å². The lowest BCUT2D eigenvalue weighted by molar-refractivity contribution is -0.140. The van der Waals surface area contributed by atoms with Gasteiger partial charge >= 0.3 is 0 Å². The van der Waals surface area contributed by atoms with Gasteiger partial charge in [-0.3, -0.25) is 9.59 Å². The zero-order valence-corrected chi connectivity index (χ0v) is 21.1. The second-order valence-corrected chi connectivity index (χ2v) is 8.87. The third-order valence-electron chi connectivity index (χ3n) is 6.65. The Morgan fingerprint density at radius 2 is 1.59 bits per heavy atom. The van der Waals surface area contributed by atoms with E-state index in [0.717, 1.165) is 18.7 Å². The topological polar surface area (TPSA) is 70.1 Å². The average molecular weight is 503 g/mol. The summed E-state index contributed by atoms with van der Waals surface area (Å²) in [7, 11) is 0. The second kappa shape index (κ2) is 11.8. The predicted octanol–water partition coefficient (Wildman–Crippen LogP) is 5.17. The molecule has 1 saturated heterocycles. The third-order valence-corrected chi connectivity index (χ3v) is 6.65. The van der Waals surface area contributed by atoms with E-state index >= 15 is 0 Å². The number of ketones is 1. The van der Waals surface area contributed by atoms with E-state index in [9.17, 15) is 19.1 Å². The molecule has 3 aromatic rings. The molecular weight excluding hydrogens is 471 g/mol. The van der Waals surface area contributed by atoms with Gasteiger partial charge in [-0.2, -0.15) is 0 Å². The minimum Gasteiger partial charge on any atom is -0.507 e. The van der Waals surface area contributed by atoms with Crippen LogP contribution in [0.15, 0.2) is 84.4 Å². The monoisotopic (exact) mass is 502 g/mol. The van der Waals surface area contributed by atoms with Crippen molar-refractivity contribution in [3.05, 3.63) is 107 Å². The summed E-state index contributed by atoms with van der Waals surface area (Å²) < 4.78 is 19.5. The van der Waals surface area contributed by atoms with Crippen LogP contribution in [0.4, 0.5) is 4.39 Å². The maximum atomic E-state index is 13.7. The van der Waals surface area contributed by atoms with Gasteiger partial charge < -0.3 is 19.6 Å². The SMILES string of the molecule is CCN(CC)CCN1C(=O)C(=O)C(=C(O)c2ccc(OCc3ccccc3)cc2)[C@@H]1c1ccc(F)cc1. The molecule has 0 radical (unpaired) electrons. The van der Waals surface area contributed by atoms with E-state index in [1.165, 1.54) is 17.0 Å². The summed E-state index contributed by atoms with van der Waals surface area (Å²) >= 11 is 0. The Labute approximate surface area is 216 Å². The van der Waals surface area contributed by atoms with Crippen LogP contribution in [0.1, 0.15) is 36.6 Å². The lowest BCUT2D eigenvalue weighted by atomic mass is 9.95. The van der Waals surface area contributed by atoms with Crippen LogP contribution >= 0.6 is 0 Å². The Kier molecular flexibility index (Phi) is 8.36. The standard InChI is InChI=1S/C30H31FN2O4/c1-3-32(4-2)18-19-33-27(22-10-14-24(31)15-11-22)26(29(35)30(33)36)28(34)23-12-16-25(17-13-23)37-20-21-8-6-5-7-9-21/h5-17,27,34H,3-4,18-20H2,1-2H3/t27-/m0/s1. The number of nitrogens with zero attached hydrogens (tertiary/aromatic N) is 2. The van der Waals surface area contributed by atoms with Gasteiger partial charge in [0.1, 0.15) is 23.9 Å². The Morgan fingerprint density at radius 3 is 2.22 bits per heavy atom. The van der Waals surface area contributed by atoms with E-state index in [2.05, 4.69) is 4.90 Å². The molecule has 0 bridgehead atoms. The molecule has 1 fully saturated rings. The number of carbonyl (C=O) groups is 2. The Bertz CT molecular complexity index is 1250. The number of rotatable bonds is 10. The molecule has 1 atom stereocenters. The highest BCUT2D eigenvalue weighted by molar-refractivity contribution is 6.46. The minimum atomic E-state index is -0.815. The minimum absolute atomic E-state index is 0.00545. The summed E-state index contributed by atoms with van der Waals surface area (Å²) in [6.07, 6.45) is 0. The number of likely N-dealkylation sites (N-methyl/N-ethyl adjacent to an activating group) is 1. The summed E-state index contributed by atoms with van der Waals surface area (Å²) in [6, 6.07) is 21.3. The fourth-order valence-electron chi connectivity index (χ4n) is 4.50. The highest BCUT2D eigenvalue weighted by atomic mass is 19.1. The van der Waals surface area contributed by atoms with Gasteiger partial charge in [-0.05, 0) is 60.6 Å². The fourth-order valence-corrected chi connectivity index (χ4v) is 4.50. The molecular formula is C30H31FN2O4. The van der Waals surface area contributed by atoms with Gasteiger partial charge in [-0.25, -0.2) is 4.39 Å². The van der Waals surface area contributed by atoms with Gasteiger partial charge in [-0.15, -0.1) is 0 Å². The summed E-state index contributed by atoms with van der Waals surface area (Å²) in [6.45, 7) is 6.95. The highest BCUT2D eigenvalue weighted by Crippen LogP contribution is 2.39. The van der Waals surface area contributed by atoms with Crippen molar-refractivity contribution in [1.29, 1.82) is 0 Å². The van der Waals surface area contributed by atoms with Gasteiger partial charge in [0.2, 0.25) is 0 Å². The number of carbonyl (C=O) groups excluding carboxylic acids is 2. The number of halogens is 1. The van der Waals surface area contributed by atoms with E-state index in [0.29, 0.717) is 36.6 Å². The van der Waals surface area contributed by atoms with Crippen LogP contribution in [0, 0.1) is 5.82 Å². The molecule has 0 unspecified atom stereocenters. The number of aliphatic hydroxyl groups is 1. The molecule has 3 aromatic carbocycles. The summed E-state index contributed by atoms with van der Waals surface area (Å²) in [4.78, 5) is 29.9. The number of amides is 1. The van der Waals surface area contributed by atoms with Crippen LogP contribution < -0.4 is 4.74 Å². The molecule has 1 aliphatic heterocycles. The van der Waals surface area contributed by atoms with Gasteiger partial charge in [0.15, 0.2) is 0 Å². The predicted molar refractivity (Wildman–Crippen MR) is 140 cm³/mol. The Balaban J connectivity index is 1.64. The molecule has 1 aliphatic rings. The molecule has 0 aliphatic carbocycles. The first-order valence-electron chi connectivity index (χ1n) is 12.5. The van der Waals surface area contributed by atoms with Gasteiger partial charge in [0, 0.05) is 18.7 Å². The highest BCUT2D eigenvalue weighted by Gasteiger charge is 2.45. The van der Waals surface area contributed by atoms with Crippen LogP contribution in [0.5, 0.6) is 5.75 Å². The van der Waals surface area contributed by atoms with E-state index < -0.39 is 23.5 Å². The zero-order chi connectivity index (χ0) is 26.4. The first-order chi connectivity index (χ1) is 17.9. The number of benzene rings is 3. The molecule has 192 valence electrons. The fraction of sp³-hybridized carbons (Fsp3) is 0.267. The number of ether oxygens (including phenoxy) is 1. The smallest absolute Gasteiger partial charge is 0.295 e. The van der Waals surface area contributed by atoms with Crippen LogP contribution in [0.2, 0.25) is 0 Å². The van der Waals surface area contributed by atoms with Gasteiger partial charge in [0.05, 0.1) is 11.6 Å². The summed E-state index contributed by atoms with van der Waals surface area (Å²) in [5, 5.41) is 11.2. The van der Waals surface area contributed by atoms with E-state index in [4.69, 9.17) is 4.74 Å². The van der Waals surface area contributed by atoms with Crippen molar-refractivity contribution in [2.24, 2.45) is 0 Å². The summed E-state index contributed by atoms with van der Waals surface area (Å²) in [5.74, 6) is -1.51. The lowest BCUT2D eigenvalue weighted by Gasteiger charge is -2.28. The molecule has 0 saturated carbocycles. The van der Waals surface area contributed by atoms with Crippen molar-refractivity contribution in [3.8, 4) is 5.75 Å². The molecule has 7 heteroatoms. The first kappa shape index (κ1) is 26.1. The third kappa shape index (κ3) is 5.89. The van der Waals surface area contributed by atoms with Crippen LogP contribution in [-0.2, 0) is 16.2 Å². The van der Waals surface area contributed by atoms with Crippen molar-refractivity contribution >= 4 is 17.4 Å². The molecule has 0 aromatic heterocycles. The lowest BCUT2D eigenvalue weighted by Crippen LogP contribution is -2.38. The number of Topliss-reactive ketones (excluding diaryl/α,β-unsaturated/α-hetero) is 1. The van der Waals surface area contributed by atoms with Crippen LogP contribution in [-0.4, -0.2) is 52.8 Å². The first-order valence-corrected chi connectivity index (χ1v) is 12.5. The number of hydrogen-bond acceptors (Lipinski definition) is 5. The van der Waals surface area contributed by atoms with Gasteiger partial charge in [0.25, 0.3) is 11.7 Å². The Morgan fingerprint density at radius 1 is 0.946 bits per heavy atom. The quantitative estimate of drug-likeness (QED) is 0.235. The van der Waals surface area contributed by atoms with E-state index in [1.807, 2.05) is 44.2 Å². The van der Waals surface area contributed by atoms with Crippen molar-refractivity contribution in [2.75, 3.05) is 26.2 Å². The summed E-state index contributed by atoms with van der Waals surface area (Å²) in [5.41, 5.74) is 1.97. The molecule has 4 rings (SSSR count). The van der Waals surface area contributed by atoms with Crippen molar-refractivity contribution in [3.63, 3.8) is 0 Å². The molecule has 1 N–H and O–H groups in total. The maximum Gasteiger partial charge on any atom is 0.295 e. The van der Waals surface area contributed by atoms with Gasteiger partial charge in [-0.1, -0.05) is 56.3 Å². The number of hydrogen-bond donors (Lipinski definition) is 1. The van der Waals surface area contributed by atoms with Crippen LogP contribution in [0.25, 0.3) is 5.76 Å². The van der Waals surface area contributed by atoms with Crippen molar-refractivity contribution in [2.45, 2.75) is 26.5 Å². The van der Waals surface area contributed by atoms with Crippen molar-refractivity contribution in [1.82, 2.24) is 9.80 Å². The largest absolute Gasteiger partial charge is 0.507 e. The molecule has 1 heterocycles. The normalized spacial score (nSPS) is 17.0. The average Bonchev–Trinajstić information content (AvgIpc) is 3.18. The zero-order valence-electron chi connectivity index (χ0n) is 21.1. The number of aliphatic hydroxyl groups excluding tert-OH is 1. The molecule has 37 heavy (non-hydrogen) atoms. The maximum absolute atomic E-state index is 13.7. The number of likely N-dealkylation sites (tertiary alicyclic amines) is 1. The molecule has 1 amide bonds. The second-order valence-electron chi connectivity index (χ2n) is 8.87. The molecule has 6 nitrogen and oxygen atoms in total. The van der Waals surface area contributed by atoms with E-state index in [-0.39, 0.29) is 11.3 Å².